The maximum Gasteiger partial charge on any atom is 0.246 e. The summed E-state index contributed by atoms with van der Waals surface area (Å²) in [5, 5.41) is 10.3. The summed E-state index contributed by atoms with van der Waals surface area (Å²) in [5.41, 5.74) is 11.9. The fourth-order valence-electron chi connectivity index (χ4n) is 4.09. The summed E-state index contributed by atoms with van der Waals surface area (Å²) in [6.45, 7) is 1.90. The van der Waals surface area contributed by atoms with E-state index in [0.29, 0.717) is 22.6 Å². The molecular weight excluding hydrogens is 450 g/mol. The number of nitrogen functional groups attached to an aromatic ring is 1. The molecular formula is C24H19N7O2S. The van der Waals surface area contributed by atoms with Crippen molar-refractivity contribution >= 4 is 38.6 Å². The Balaban J connectivity index is 1.97. The normalized spacial score (nSPS) is 12.0. The molecule has 0 aliphatic heterocycles. The summed E-state index contributed by atoms with van der Waals surface area (Å²) < 4.78 is 30.7. The second-order valence-electron chi connectivity index (χ2n) is 7.84. The lowest BCUT2D eigenvalue weighted by Gasteiger charge is -2.11. The molecule has 0 unspecified atom stereocenters. The van der Waals surface area contributed by atoms with Crippen LogP contribution < -0.4 is 11.4 Å². The number of aryl methyl sites for hydroxylation is 2. The topological polar surface area (TPSA) is 132 Å². The number of aromatic nitrogens is 4. The molecule has 2 aromatic carbocycles. The van der Waals surface area contributed by atoms with E-state index in [4.69, 9.17) is 5.73 Å². The minimum Gasteiger partial charge on any atom is -0.384 e. The molecule has 0 bridgehead atoms. The maximum atomic E-state index is 11.7. The van der Waals surface area contributed by atoms with Gasteiger partial charge in [0.05, 0.1) is 40.1 Å². The van der Waals surface area contributed by atoms with E-state index in [0.717, 1.165) is 33.1 Å². The Hall–Kier alpha value is -4.49. The predicted octanol–water partition coefficient (Wildman–Crippen LogP) is 2.77. The Morgan fingerprint density at radius 2 is 1.82 bits per heavy atom. The Bertz CT molecular complexity index is 1780. The van der Waals surface area contributed by atoms with Crippen molar-refractivity contribution in [2.24, 2.45) is 11.4 Å². The SMILES string of the molecule is Cc1ccc(C#N)cc1-n1/c(=N\[SH](=O)=O)n(C)c2cnc3ccc(-c4ccc(N)nc4)cc3c21. The number of nitriles is 1. The second kappa shape index (κ2) is 8.13. The summed E-state index contributed by atoms with van der Waals surface area (Å²) in [4.78, 5) is 8.77. The summed E-state index contributed by atoms with van der Waals surface area (Å²) in [7, 11) is -1.33. The van der Waals surface area contributed by atoms with Gasteiger partial charge < -0.3 is 10.3 Å². The van der Waals surface area contributed by atoms with E-state index in [1.165, 1.54) is 0 Å². The number of rotatable bonds is 3. The summed E-state index contributed by atoms with van der Waals surface area (Å²) in [6, 6.07) is 16.9. The first-order valence-electron chi connectivity index (χ1n) is 10.3. The molecule has 0 saturated heterocycles. The van der Waals surface area contributed by atoms with Crippen LogP contribution in [0.5, 0.6) is 0 Å². The standard InChI is InChI=1S/C24H19N7O2S/c1-14-3-4-15(11-25)9-20(14)31-23-18-10-16(17-6-8-22(26)28-12-17)5-7-19(18)27-13-21(23)30(2)24(31)29-34(32)33/h3-10,12-13,34H,1-2H3,(H2,26,28)/b29-24-. The fraction of sp³-hybridized carbons (Fsp3) is 0.0833. The van der Waals surface area contributed by atoms with E-state index in [2.05, 4.69) is 20.4 Å². The number of hydrogen-bond donors (Lipinski definition) is 2. The average molecular weight is 470 g/mol. The highest BCUT2D eigenvalue weighted by atomic mass is 32.2. The number of pyridine rings is 2. The van der Waals surface area contributed by atoms with Gasteiger partial charge in [0.15, 0.2) is 0 Å². The lowest BCUT2D eigenvalue weighted by atomic mass is 10.0. The van der Waals surface area contributed by atoms with Crippen LogP contribution in [0.4, 0.5) is 5.82 Å². The third-order valence-corrected chi connectivity index (χ3v) is 6.12. The molecule has 0 aliphatic rings. The van der Waals surface area contributed by atoms with Crippen LogP contribution in [0.1, 0.15) is 11.1 Å². The molecule has 3 aromatic heterocycles. The van der Waals surface area contributed by atoms with Crippen LogP contribution in [0, 0.1) is 18.3 Å². The first-order chi connectivity index (χ1) is 16.4. The summed E-state index contributed by atoms with van der Waals surface area (Å²) >= 11 is 0. The lowest BCUT2D eigenvalue weighted by molar-refractivity contribution is 0.613. The molecule has 0 spiro atoms. The van der Waals surface area contributed by atoms with Crippen LogP contribution in [0.25, 0.3) is 38.8 Å². The van der Waals surface area contributed by atoms with E-state index in [1.807, 2.05) is 37.3 Å². The minimum atomic E-state index is -3.07. The Morgan fingerprint density at radius 1 is 1.03 bits per heavy atom. The smallest absolute Gasteiger partial charge is 0.246 e. The molecule has 0 aliphatic carbocycles. The zero-order valence-corrected chi connectivity index (χ0v) is 19.2. The zero-order chi connectivity index (χ0) is 24.0. The first kappa shape index (κ1) is 21.4. The quantitative estimate of drug-likeness (QED) is 0.391. The van der Waals surface area contributed by atoms with Gasteiger partial charge in [0.1, 0.15) is 5.82 Å². The summed E-state index contributed by atoms with van der Waals surface area (Å²) in [6.07, 6.45) is 3.39. The Morgan fingerprint density at radius 3 is 2.53 bits per heavy atom. The van der Waals surface area contributed by atoms with Gasteiger partial charge in [-0.2, -0.15) is 5.26 Å². The van der Waals surface area contributed by atoms with Crippen molar-refractivity contribution in [2.45, 2.75) is 6.92 Å². The molecule has 34 heavy (non-hydrogen) atoms. The van der Waals surface area contributed by atoms with Crippen LogP contribution in [0.15, 0.2) is 65.3 Å². The lowest BCUT2D eigenvalue weighted by Crippen LogP contribution is -2.24. The van der Waals surface area contributed by atoms with Gasteiger partial charge in [-0.15, -0.1) is 4.40 Å². The highest BCUT2D eigenvalue weighted by Gasteiger charge is 2.18. The molecule has 0 saturated carbocycles. The van der Waals surface area contributed by atoms with Gasteiger partial charge >= 0.3 is 0 Å². The Labute approximate surface area is 196 Å². The second-order valence-corrected chi connectivity index (χ2v) is 8.52. The zero-order valence-electron chi connectivity index (χ0n) is 18.3. The molecule has 0 atom stereocenters. The van der Waals surface area contributed by atoms with Gasteiger partial charge in [0.2, 0.25) is 16.5 Å². The number of hydrogen-bond acceptors (Lipinski definition) is 6. The predicted molar refractivity (Wildman–Crippen MR) is 131 cm³/mol. The van der Waals surface area contributed by atoms with Gasteiger partial charge in [0, 0.05) is 24.2 Å². The average Bonchev–Trinajstić information content (AvgIpc) is 3.11. The van der Waals surface area contributed by atoms with Gasteiger partial charge in [-0.1, -0.05) is 12.1 Å². The van der Waals surface area contributed by atoms with E-state index in [9.17, 15) is 13.7 Å². The van der Waals surface area contributed by atoms with Gasteiger partial charge in [-0.3, -0.25) is 9.55 Å². The molecule has 0 radical (unpaired) electrons. The molecule has 3 heterocycles. The number of nitrogens with zero attached hydrogens (tertiary/aromatic N) is 6. The number of fused-ring (bicyclic) bond motifs is 3. The van der Waals surface area contributed by atoms with Gasteiger partial charge in [0.25, 0.3) is 0 Å². The number of thiol groups is 1. The van der Waals surface area contributed by atoms with E-state index < -0.39 is 10.9 Å². The molecule has 9 nitrogen and oxygen atoms in total. The summed E-state index contributed by atoms with van der Waals surface area (Å²) in [5.74, 6) is 0.431. The van der Waals surface area contributed by atoms with Crippen molar-refractivity contribution in [1.29, 1.82) is 5.26 Å². The third kappa shape index (κ3) is 3.48. The number of benzene rings is 2. The fourth-order valence-corrected chi connectivity index (χ4v) is 4.46. The monoisotopic (exact) mass is 469 g/mol. The van der Waals surface area contributed by atoms with Crippen molar-refractivity contribution < 1.29 is 8.42 Å². The highest BCUT2D eigenvalue weighted by molar-refractivity contribution is 7.70. The van der Waals surface area contributed by atoms with Crippen molar-refractivity contribution in [3.63, 3.8) is 0 Å². The molecule has 5 aromatic rings. The minimum absolute atomic E-state index is 0.207. The van der Waals surface area contributed by atoms with Crippen LogP contribution in [-0.2, 0) is 17.9 Å². The van der Waals surface area contributed by atoms with Crippen molar-refractivity contribution in [1.82, 2.24) is 19.1 Å². The van der Waals surface area contributed by atoms with Gasteiger partial charge in [-0.25, -0.2) is 13.4 Å². The van der Waals surface area contributed by atoms with Crippen LogP contribution in [0.2, 0.25) is 0 Å². The van der Waals surface area contributed by atoms with Crippen molar-refractivity contribution in [3.8, 4) is 22.9 Å². The third-order valence-electron chi connectivity index (χ3n) is 5.78. The van der Waals surface area contributed by atoms with Crippen LogP contribution >= 0.6 is 0 Å². The highest BCUT2D eigenvalue weighted by Crippen LogP contribution is 2.30. The van der Waals surface area contributed by atoms with Crippen molar-refractivity contribution in [3.05, 3.63) is 77.7 Å². The molecule has 2 N–H and O–H groups in total. The Kier molecular flexibility index (Phi) is 5.11. The number of imidazole rings is 1. The van der Waals surface area contributed by atoms with E-state index in [-0.39, 0.29) is 5.62 Å². The molecule has 0 amide bonds. The van der Waals surface area contributed by atoms with Crippen molar-refractivity contribution in [2.75, 3.05) is 5.73 Å². The van der Waals surface area contributed by atoms with Crippen LogP contribution in [-0.4, -0.2) is 27.5 Å². The molecule has 168 valence electrons. The maximum absolute atomic E-state index is 11.7. The van der Waals surface area contributed by atoms with E-state index >= 15 is 0 Å². The van der Waals surface area contributed by atoms with E-state index in [1.54, 1.807) is 46.8 Å². The van der Waals surface area contributed by atoms with Crippen LogP contribution in [0.3, 0.4) is 0 Å². The number of nitrogens with two attached hydrogens (primary N) is 1. The van der Waals surface area contributed by atoms with Gasteiger partial charge in [-0.05, 0) is 54.4 Å². The number of anilines is 1. The molecule has 5 rings (SSSR count). The first-order valence-corrected chi connectivity index (χ1v) is 11.4. The molecule has 10 heteroatoms. The largest absolute Gasteiger partial charge is 0.384 e. The molecule has 0 fully saturated rings.